The third kappa shape index (κ3) is 5.41. The van der Waals surface area contributed by atoms with Crippen molar-refractivity contribution < 1.29 is 5.11 Å². The first kappa shape index (κ1) is 15.3. The van der Waals surface area contributed by atoms with Crippen LogP contribution in [0.4, 0.5) is 0 Å². The first-order valence-electron chi connectivity index (χ1n) is 8.22. The molecule has 1 aliphatic heterocycles. The van der Waals surface area contributed by atoms with E-state index in [1.165, 1.54) is 58.2 Å². The predicted octanol–water partition coefficient (Wildman–Crippen LogP) is 2.39. The van der Waals surface area contributed by atoms with Crippen molar-refractivity contribution in [3.63, 3.8) is 0 Å². The van der Waals surface area contributed by atoms with E-state index in [1.807, 2.05) is 0 Å². The monoisotopic (exact) mass is 268 g/mol. The van der Waals surface area contributed by atoms with E-state index in [0.717, 1.165) is 12.3 Å². The molecule has 1 saturated carbocycles. The molecule has 2 aliphatic rings. The van der Waals surface area contributed by atoms with Crippen LogP contribution in [0.3, 0.4) is 0 Å². The Morgan fingerprint density at radius 3 is 2.68 bits per heavy atom. The molecule has 2 rings (SSSR count). The van der Waals surface area contributed by atoms with Crippen molar-refractivity contribution in [3.05, 3.63) is 0 Å². The van der Waals surface area contributed by atoms with Crippen LogP contribution in [0.15, 0.2) is 0 Å². The fraction of sp³-hybridized carbons (Fsp3) is 1.00. The summed E-state index contributed by atoms with van der Waals surface area (Å²) in [6, 6.07) is 0.681. The number of nitrogens with zero attached hydrogens (tertiary/aromatic N) is 1. The van der Waals surface area contributed by atoms with Crippen molar-refractivity contribution in [2.24, 2.45) is 5.92 Å². The van der Waals surface area contributed by atoms with Crippen molar-refractivity contribution >= 4 is 0 Å². The maximum absolute atomic E-state index is 9.57. The molecule has 3 nitrogen and oxygen atoms in total. The van der Waals surface area contributed by atoms with Gasteiger partial charge in [0.1, 0.15) is 0 Å². The zero-order valence-electron chi connectivity index (χ0n) is 12.8. The molecule has 1 aliphatic carbocycles. The SMILES string of the molecule is CC1CCCN(CCCCC(C)(CO)NC2CC2)C1. The van der Waals surface area contributed by atoms with Gasteiger partial charge in [0.25, 0.3) is 0 Å². The number of piperidine rings is 1. The van der Waals surface area contributed by atoms with Crippen molar-refractivity contribution in [1.82, 2.24) is 10.2 Å². The van der Waals surface area contributed by atoms with Gasteiger partial charge in [0.15, 0.2) is 0 Å². The third-order valence-corrected chi connectivity index (χ3v) is 4.67. The number of likely N-dealkylation sites (tertiary alicyclic amines) is 1. The van der Waals surface area contributed by atoms with Crippen molar-refractivity contribution in [3.8, 4) is 0 Å². The number of aliphatic hydroxyl groups is 1. The number of hydrogen-bond acceptors (Lipinski definition) is 3. The van der Waals surface area contributed by atoms with Gasteiger partial charge in [-0.25, -0.2) is 0 Å². The minimum atomic E-state index is -0.0453. The molecule has 2 atom stereocenters. The van der Waals surface area contributed by atoms with Gasteiger partial charge in [0, 0.05) is 18.1 Å². The third-order valence-electron chi connectivity index (χ3n) is 4.67. The van der Waals surface area contributed by atoms with Crippen molar-refractivity contribution in [1.29, 1.82) is 0 Å². The van der Waals surface area contributed by atoms with E-state index in [-0.39, 0.29) is 12.1 Å². The van der Waals surface area contributed by atoms with Gasteiger partial charge in [-0.3, -0.25) is 0 Å². The van der Waals surface area contributed by atoms with E-state index < -0.39 is 0 Å². The molecule has 2 fully saturated rings. The molecule has 0 bridgehead atoms. The quantitative estimate of drug-likeness (QED) is 0.664. The van der Waals surface area contributed by atoms with Gasteiger partial charge < -0.3 is 15.3 Å². The minimum Gasteiger partial charge on any atom is -0.394 e. The Morgan fingerprint density at radius 2 is 2.05 bits per heavy atom. The summed E-state index contributed by atoms with van der Waals surface area (Å²) in [5, 5.41) is 13.2. The molecule has 0 radical (unpaired) electrons. The van der Waals surface area contributed by atoms with E-state index in [4.69, 9.17) is 0 Å². The van der Waals surface area contributed by atoms with E-state index in [0.29, 0.717) is 6.04 Å². The lowest BCUT2D eigenvalue weighted by Crippen LogP contribution is -2.47. The summed E-state index contributed by atoms with van der Waals surface area (Å²) < 4.78 is 0. The van der Waals surface area contributed by atoms with Crippen LogP contribution in [0.1, 0.15) is 58.8 Å². The maximum Gasteiger partial charge on any atom is 0.0610 e. The van der Waals surface area contributed by atoms with Crippen molar-refractivity contribution in [2.75, 3.05) is 26.2 Å². The molecule has 112 valence electrons. The summed E-state index contributed by atoms with van der Waals surface area (Å²) in [5.74, 6) is 0.882. The van der Waals surface area contributed by atoms with E-state index in [2.05, 4.69) is 24.1 Å². The highest BCUT2D eigenvalue weighted by Gasteiger charge is 2.31. The standard InChI is InChI=1S/C16H32N2O/c1-14-6-5-11-18(12-14)10-4-3-9-16(2,13-19)17-15-7-8-15/h14-15,17,19H,3-13H2,1-2H3. The molecule has 2 unspecified atom stereocenters. The maximum atomic E-state index is 9.57. The second kappa shape index (κ2) is 7.05. The second-order valence-electron chi connectivity index (χ2n) is 7.14. The fourth-order valence-corrected chi connectivity index (χ4v) is 3.26. The van der Waals surface area contributed by atoms with Crippen LogP contribution in [0.5, 0.6) is 0 Å². The van der Waals surface area contributed by atoms with Gasteiger partial charge in [0.2, 0.25) is 0 Å². The Labute approximate surface area is 118 Å². The minimum absolute atomic E-state index is 0.0453. The molecule has 19 heavy (non-hydrogen) atoms. The molecule has 0 aromatic heterocycles. The highest BCUT2D eigenvalue weighted by Crippen LogP contribution is 2.25. The molecular formula is C16H32N2O. The number of aliphatic hydroxyl groups excluding tert-OH is 1. The highest BCUT2D eigenvalue weighted by molar-refractivity contribution is 4.92. The number of hydrogen-bond donors (Lipinski definition) is 2. The van der Waals surface area contributed by atoms with Crippen LogP contribution < -0.4 is 5.32 Å². The zero-order chi connectivity index (χ0) is 13.7. The van der Waals surface area contributed by atoms with Crippen LogP contribution in [0, 0.1) is 5.92 Å². The van der Waals surface area contributed by atoms with Crippen LogP contribution in [0.2, 0.25) is 0 Å². The zero-order valence-corrected chi connectivity index (χ0v) is 12.8. The Kier molecular flexibility index (Phi) is 5.67. The molecule has 3 heteroatoms. The summed E-state index contributed by atoms with van der Waals surface area (Å²) in [4.78, 5) is 2.62. The lowest BCUT2D eigenvalue weighted by Gasteiger charge is -2.32. The topological polar surface area (TPSA) is 35.5 Å². The van der Waals surface area contributed by atoms with Gasteiger partial charge in [0.05, 0.1) is 6.61 Å². The van der Waals surface area contributed by atoms with Crippen LogP contribution in [-0.2, 0) is 0 Å². The van der Waals surface area contributed by atoms with Crippen LogP contribution >= 0.6 is 0 Å². The number of rotatable bonds is 8. The van der Waals surface area contributed by atoms with Crippen LogP contribution in [-0.4, -0.2) is 47.8 Å². The Bertz CT molecular complexity index is 267. The first-order chi connectivity index (χ1) is 9.11. The molecule has 0 aromatic rings. The smallest absolute Gasteiger partial charge is 0.0610 e. The summed E-state index contributed by atoms with van der Waals surface area (Å²) in [5.41, 5.74) is -0.0453. The number of nitrogens with one attached hydrogen (secondary N) is 1. The first-order valence-corrected chi connectivity index (χ1v) is 8.22. The normalized spacial score (nSPS) is 28.3. The van der Waals surface area contributed by atoms with E-state index in [9.17, 15) is 5.11 Å². The number of unbranched alkanes of at least 4 members (excludes halogenated alkanes) is 1. The fourth-order valence-electron chi connectivity index (χ4n) is 3.26. The molecule has 0 spiro atoms. The summed E-state index contributed by atoms with van der Waals surface area (Å²) in [7, 11) is 0. The van der Waals surface area contributed by atoms with Gasteiger partial charge in [-0.2, -0.15) is 0 Å². The molecule has 0 aromatic carbocycles. The Morgan fingerprint density at radius 1 is 1.26 bits per heavy atom. The van der Waals surface area contributed by atoms with Gasteiger partial charge in [-0.1, -0.05) is 13.3 Å². The molecule has 2 N–H and O–H groups in total. The average molecular weight is 268 g/mol. The average Bonchev–Trinajstić information content (AvgIpc) is 3.19. The predicted molar refractivity (Wildman–Crippen MR) is 80.3 cm³/mol. The lowest BCUT2D eigenvalue weighted by molar-refractivity contribution is 0.152. The summed E-state index contributed by atoms with van der Waals surface area (Å²) in [6.45, 7) is 8.64. The summed E-state index contributed by atoms with van der Waals surface area (Å²) >= 11 is 0. The molecule has 1 saturated heterocycles. The van der Waals surface area contributed by atoms with E-state index in [1.54, 1.807) is 0 Å². The van der Waals surface area contributed by atoms with Crippen molar-refractivity contribution in [2.45, 2.75) is 70.4 Å². The second-order valence-corrected chi connectivity index (χ2v) is 7.14. The molecule has 0 amide bonds. The van der Waals surface area contributed by atoms with E-state index >= 15 is 0 Å². The van der Waals surface area contributed by atoms with Gasteiger partial charge >= 0.3 is 0 Å². The molecular weight excluding hydrogens is 236 g/mol. The largest absolute Gasteiger partial charge is 0.394 e. The Balaban J connectivity index is 1.59. The Hall–Kier alpha value is -0.120. The summed E-state index contributed by atoms with van der Waals surface area (Å²) in [6.07, 6.45) is 8.96. The van der Waals surface area contributed by atoms with Crippen LogP contribution in [0.25, 0.3) is 0 Å². The van der Waals surface area contributed by atoms with Gasteiger partial charge in [-0.05, 0) is 64.5 Å². The van der Waals surface area contributed by atoms with Gasteiger partial charge in [-0.15, -0.1) is 0 Å². The molecule has 1 heterocycles. The highest BCUT2D eigenvalue weighted by atomic mass is 16.3. The lowest BCUT2D eigenvalue weighted by atomic mass is 9.95.